The van der Waals surface area contributed by atoms with Crippen molar-refractivity contribution in [3.05, 3.63) is 0 Å². The van der Waals surface area contributed by atoms with E-state index in [0.717, 1.165) is 6.42 Å². The van der Waals surface area contributed by atoms with E-state index in [1.807, 2.05) is 27.7 Å². The first-order chi connectivity index (χ1) is 8.10. The summed E-state index contributed by atoms with van der Waals surface area (Å²) in [5.41, 5.74) is -1.70. The molecule has 0 aliphatic carbocycles. The van der Waals surface area contributed by atoms with Crippen molar-refractivity contribution in [3.8, 4) is 0 Å². The molecular formula is C14H27NO3. The Balaban J connectivity index is 3.16. The van der Waals surface area contributed by atoms with Crippen LogP contribution < -0.4 is 5.32 Å². The molecule has 1 aliphatic rings. The summed E-state index contributed by atoms with van der Waals surface area (Å²) < 4.78 is 11.1. The Labute approximate surface area is 110 Å². The summed E-state index contributed by atoms with van der Waals surface area (Å²) in [5, 5.41) is 3.44. The van der Waals surface area contributed by atoms with Crippen LogP contribution in [-0.4, -0.2) is 35.9 Å². The van der Waals surface area contributed by atoms with E-state index in [1.165, 1.54) is 7.11 Å². The summed E-state index contributed by atoms with van der Waals surface area (Å²) in [6.07, 6.45) is 1.57. The molecule has 0 amide bonds. The molecule has 0 bridgehead atoms. The van der Waals surface area contributed by atoms with Crippen molar-refractivity contribution in [1.82, 2.24) is 5.32 Å². The van der Waals surface area contributed by atoms with Crippen molar-refractivity contribution in [2.75, 3.05) is 7.11 Å². The molecule has 4 heteroatoms. The van der Waals surface area contributed by atoms with E-state index in [4.69, 9.17) is 9.47 Å². The van der Waals surface area contributed by atoms with Crippen LogP contribution in [0.2, 0.25) is 0 Å². The molecule has 0 saturated carbocycles. The van der Waals surface area contributed by atoms with Crippen LogP contribution >= 0.6 is 0 Å². The minimum absolute atomic E-state index is 0.237. The summed E-state index contributed by atoms with van der Waals surface area (Å²) in [6.45, 7) is 12.1. The summed E-state index contributed by atoms with van der Waals surface area (Å²) in [7, 11) is 1.43. The SMILES string of the molecule is CCC(C)NC1(C(=O)OC)CC(C)(C)OC1(C)C. The minimum atomic E-state index is -0.777. The predicted octanol–water partition coefficient (Wildman–Crippen LogP) is 2.26. The lowest BCUT2D eigenvalue weighted by Crippen LogP contribution is -2.65. The number of ether oxygens (including phenoxy) is 2. The molecule has 18 heavy (non-hydrogen) atoms. The highest BCUT2D eigenvalue weighted by Crippen LogP contribution is 2.46. The van der Waals surface area contributed by atoms with Crippen molar-refractivity contribution in [1.29, 1.82) is 0 Å². The third-order valence-corrected chi connectivity index (χ3v) is 3.89. The third-order valence-electron chi connectivity index (χ3n) is 3.89. The Morgan fingerprint density at radius 1 is 1.39 bits per heavy atom. The van der Waals surface area contributed by atoms with Gasteiger partial charge in [-0.2, -0.15) is 0 Å². The molecule has 0 aromatic carbocycles. The maximum absolute atomic E-state index is 12.3. The van der Waals surface area contributed by atoms with Gasteiger partial charge in [0.15, 0.2) is 0 Å². The second-order valence-corrected chi connectivity index (χ2v) is 6.40. The molecular weight excluding hydrogens is 230 g/mol. The Morgan fingerprint density at radius 3 is 2.28 bits per heavy atom. The van der Waals surface area contributed by atoms with E-state index in [9.17, 15) is 4.79 Å². The lowest BCUT2D eigenvalue weighted by Gasteiger charge is -2.39. The zero-order chi connectivity index (χ0) is 14.2. The fourth-order valence-corrected chi connectivity index (χ4v) is 2.96. The lowest BCUT2D eigenvalue weighted by atomic mass is 9.78. The number of nitrogens with one attached hydrogen (secondary N) is 1. The highest BCUT2D eigenvalue weighted by atomic mass is 16.6. The molecule has 1 fully saturated rings. The molecule has 0 radical (unpaired) electrons. The Bertz CT molecular complexity index is 325. The lowest BCUT2D eigenvalue weighted by molar-refractivity contribution is -0.158. The number of hydrogen-bond donors (Lipinski definition) is 1. The standard InChI is InChI=1S/C14H27NO3/c1-8-10(2)15-14(11(16)17-7)9-12(3,4)18-13(14,5)6/h10,15H,8-9H2,1-7H3. The number of rotatable bonds is 4. The fourth-order valence-electron chi connectivity index (χ4n) is 2.96. The van der Waals surface area contributed by atoms with Crippen LogP contribution in [0.5, 0.6) is 0 Å². The maximum atomic E-state index is 12.3. The first-order valence-electron chi connectivity index (χ1n) is 6.66. The zero-order valence-corrected chi connectivity index (χ0v) is 12.7. The van der Waals surface area contributed by atoms with E-state index in [1.54, 1.807) is 0 Å². The molecule has 1 rings (SSSR count). The van der Waals surface area contributed by atoms with Crippen molar-refractivity contribution in [2.24, 2.45) is 0 Å². The summed E-state index contributed by atoms with van der Waals surface area (Å²) in [5.74, 6) is -0.238. The van der Waals surface area contributed by atoms with E-state index in [2.05, 4.69) is 19.2 Å². The van der Waals surface area contributed by atoms with Crippen molar-refractivity contribution in [3.63, 3.8) is 0 Å². The highest BCUT2D eigenvalue weighted by Gasteiger charge is 2.62. The Hall–Kier alpha value is -0.610. The quantitative estimate of drug-likeness (QED) is 0.785. The average molecular weight is 257 g/mol. The molecule has 2 unspecified atom stereocenters. The van der Waals surface area contributed by atoms with Gasteiger partial charge in [0.05, 0.1) is 18.3 Å². The number of esters is 1. The molecule has 2 atom stereocenters. The summed E-state index contributed by atoms with van der Waals surface area (Å²) in [6, 6.07) is 0.237. The fraction of sp³-hybridized carbons (Fsp3) is 0.929. The first-order valence-corrected chi connectivity index (χ1v) is 6.66. The van der Waals surface area contributed by atoms with Gasteiger partial charge in [-0.05, 0) is 41.0 Å². The Kier molecular flexibility index (Phi) is 4.13. The van der Waals surface area contributed by atoms with Gasteiger partial charge < -0.3 is 9.47 Å². The molecule has 1 heterocycles. The van der Waals surface area contributed by atoms with Gasteiger partial charge in [-0.25, -0.2) is 4.79 Å². The number of carbonyl (C=O) groups is 1. The van der Waals surface area contributed by atoms with E-state index in [0.29, 0.717) is 6.42 Å². The van der Waals surface area contributed by atoms with Crippen molar-refractivity contribution >= 4 is 5.97 Å². The molecule has 0 aromatic heterocycles. The van der Waals surface area contributed by atoms with E-state index >= 15 is 0 Å². The molecule has 0 spiro atoms. The van der Waals surface area contributed by atoms with Crippen LogP contribution in [-0.2, 0) is 14.3 Å². The predicted molar refractivity (Wildman–Crippen MR) is 71.5 cm³/mol. The molecule has 0 aromatic rings. The summed E-state index contributed by atoms with van der Waals surface area (Å²) >= 11 is 0. The summed E-state index contributed by atoms with van der Waals surface area (Å²) in [4.78, 5) is 12.3. The van der Waals surface area contributed by atoms with Gasteiger partial charge >= 0.3 is 5.97 Å². The minimum Gasteiger partial charge on any atom is -0.468 e. The van der Waals surface area contributed by atoms with Crippen LogP contribution in [0.25, 0.3) is 0 Å². The largest absolute Gasteiger partial charge is 0.468 e. The zero-order valence-electron chi connectivity index (χ0n) is 12.7. The van der Waals surface area contributed by atoms with Gasteiger partial charge in [-0.15, -0.1) is 0 Å². The molecule has 1 saturated heterocycles. The monoisotopic (exact) mass is 257 g/mol. The van der Waals surface area contributed by atoms with E-state index in [-0.39, 0.29) is 17.6 Å². The molecule has 4 nitrogen and oxygen atoms in total. The van der Waals surface area contributed by atoms with Gasteiger partial charge in [0.1, 0.15) is 5.54 Å². The molecule has 106 valence electrons. The van der Waals surface area contributed by atoms with Crippen LogP contribution in [0.4, 0.5) is 0 Å². The van der Waals surface area contributed by atoms with Crippen molar-refractivity contribution in [2.45, 2.75) is 77.2 Å². The number of methoxy groups -OCH3 is 1. The van der Waals surface area contributed by atoms with Gasteiger partial charge in [-0.1, -0.05) is 6.92 Å². The van der Waals surface area contributed by atoms with Crippen LogP contribution in [0, 0.1) is 0 Å². The maximum Gasteiger partial charge on any atom is 0.329 e. The second kappa shape index (κ2) is 4.82. The highest BCUT2D eigenvalue weighted by molar-refractivity contribution is 5.83. The van der Waals surface area contributed by atoms with Crippen LogP contribution in [0.3, 0.4) is 0 Å². The van der Waals surface area contributed by atoms with Gasteiger partial charge in [0, 0.05) is 12.5 Å². The third kappa shape index (κ3) is 2.54. The van der Waals surface area contributed by atoms with Gasteiger partial charge in [0.2, 0.25) is 0 Å². The van der Waals surface area contributed by atoms with Crippen LogP contribution in [0.15, 0.2) is 0 Å². The number of carbonyl (C=O) groups excluding carboxylic acids is 1. The van der Waals surface area contributed by atoms with Crippen LogP contribution in [0.1, 0.15) is 54.4 Å². The van der Waals surface area contributed by atoms with E-state index < -0.39 is 11.1 Å². The molecule has 1 N–H and O–H groups in total. The average Bonchev–Trinajstić information content (AvgIpc) is 2.42. The first kappa shape index (κ1) is 15.4. The molecule has 1 aliphatic heterocycles. The second-order valence-electron chi connectivity index (χ2n) is 6.40. The smallest absolute Gasteiger partial charge is 0.329 e. The number of hydrogen-bond acceptors (Lipinski definition) is 4. The topological polar surface area (TPSA) is 47.6 Å². The normalized spacial score (nSPS) is 31.1. The van der Waals surface area contributed by atoms with Crippen molar-refractivity contribution < 1.29 is 14.3 Å². The Morgan fingerprint density at radius 2 is 1.94 bits per heavy atom. The van der Waals surface area contributed by atoms with Gasteiger partial charge in [-0.3, -0.25) is 5.32 Å². The van der Waals surface area contributed by atoms with Gasteiger partial charge in [0.25, 0.3) is 0 Å².